The molecule has 0 amide bonds. The Bertz CT molecular complexity index is 286. The van der Waals surface area contributed by atoms with Gasteiger partial charge >= 0.3 is 5.97 Å². The predicted octanol–water partition coefficient (Wildman–Crippen LogP) is 0.281. The van der Waals surface area contributed by atoms with E-state index in [4.69, 9.17) is 10.8 Å². The normalized spacial score (nSPS) is 9.75. The van der Waals surface area contributed by atoms with Gasteiger partial charge in [0.15, 0.2) is 0 Å². The molecule has 0 aliphatic rings. The zero-order valence-corrected chi connectivity index (χ0v) is 6.53. The highest BCUT2D eigenvalue weighted by Gasteiger charge is 2.02. The molecule has 0 aliphatic carbocycles. The molecule has 0 radical (unpaired) electrons. The molecule has 4 heteroatoms. The minimum absolute atomic E-state index is 0.209. The van der Waals surface area contributed by atoms with Gasteiger partial charge in [0.1, 0.15) is 0 Å². The number of carboxylic acid groups (broad SMARTS) is 1. The van der Waals surface area contributed by atoms with Gasteiger partial charge in [0.2, 0.25) is 0 Å². The van der Waals surface area contributed by atoms with Crippen molar-refractivity contribution in [3.05, 3.63) is 29.6 Å². The van der Waals surface area contributed by atoms with Gasteiger partial charge in [-0.25, -0.2) is 4.79 Å². The minimum atomic E-state index is -0.957. The smallest absolute Gasteiger partial charge is 0.337 e. The van der Waals surface area contributed by atoms with Crippen molar-refractivity contribution in [2.75, 3.05) is 6.54 Å². The second-order valence-electron chi connectivity index (χ2n) is 2.43. The van der Waals surface area contributed by atoms with E-state index in [1.165, 1.54) is 6.20 Å². The fraction of sp³-hybridized carbons (Fsp3) is 0.250. The van der Waals surface area contributed by atoms with E-state index >= 15 is 0 Å². The number of carbonyl (C=O) groups is 1. The minimum Gasteiger partial charge on any atom is -0.478 e. The maximum Gasteiger partial charge on any atom is 0.337 e. The Morgan fingerprint density at radius 1 is 1.58 bits per heavy atom. The van der Waals surface area contributed by atoms with Crippen molar-refractivity contribution in [1.29, 1.82) is 0 Å². The molecule has 0 aromatic carbocycles. The molecule has 0 aliphatic heterocycles. The summed E-state index contributed by atoms with van der Waals surface area (Å²) in [5.74, 6) is -0.957. The number of nitrogens with two attached hydrogens (primary N) is 1. The number of aromatic carboxylic acids is 1. The third-order valence-electron chi connectivity index (χ3n) is 1.47. The number of rotatable bonds is 3. The Balaban J connectivity index is 2.88. The lowest BCUT2D eigenvalue weighted by molar-refractivity contribution is 0.0696. The number of hydrogen-bond acceptors (Lipinski definition) is 3. The van der Waals surface area contributed by atoms with Crippen LogP contribution >= 0.6 is 0 Å². The first-order valence-electron chi connectivity index (χ1n) is 3.61. The number of nitrogens with zero attached hydrogens (tertiary/aromatic N) is 1. The molecule has 0 spiro atoms. The monoisotopic (exact) mass is 166 g/mol. The van der Waals surface area contributed by atoms with Gasteiger partial charge in [0, 0.05) is 12.4 Å². The van der Waals surface area contributed by atoms with Crippen molar-refractivity contribution in [3.63, 3.8) is 0 Å². The first kappa shape index (κ1) is 8.67. The van der Waals surface area contributed by atoms with E-state index in [-0.39, 0.29) is 5.56 Å². The van der Waals surface area contributed by atoms with E-state index in [2.05, 4.69) is 4.98 Å². The van der Waals surface area contributed by atoms with Crippen LogP contribution in [-0.4, -0.2) is 22.6 Å². The first-order chi connectivity index (χ1) is 5.74. The number of pyridine rings is 1. The highest BCUT2D eigenvalue weighted by molar-refractivity contribution is 5.87. The van der Waals surface area contributed by atoms with E-state index in [1.54, 1.807) is 12.3 Å². The second-order valence-corrected chi connectivity index (χ2v) is 2.43. The van der Waals surface area contributed by atoms with Crippen LogP contribution < -0.4 is 5.73 Å². The average molecular weight is 166 g/mol. The van der Waals surface area contributed by atoms with Crippen molar-refractivity contribution in [3.8, 4) is 0 Å². The van der Waals surface area contributed by atoms with Crippen molar-refractivity contribution < 1.29 is 9.90 Å². The SMILES string of the molecule is NCCc1cncc(C(=O)O)c1. The third-order valence-corrected chi connectivity index (χ3v) is 1.47. The topological polar surface area (TPSA) is 76.2 Å². The molecule has 0 fully saturated rings. The molecule has 1 rings (SSSR count). The summed E-state index contributed by atoms with van der Waals surface area (Å²) >= 11 is 0. The van der Waals surface area contributed by atoms with Crippen LogP contribution in [-0.2, 0) is 6.42 Å². The largest absolute Gasteiger partial charge is 0.478 e. The summed E-state index contributed by atoms with van der Waals surface area (Å²) in [6, 6.07) is 1.59. The quantitative estimate of drug-likeness (QED) is 0.676. The summed E-state index contributed by atoms with van der Waals surface area (Å²) in [4.78, 5) is 14.3. The van der Waals surface area contributed by atoms with Crippen LogP contribution in [0.25, 0.3) is 0 Å². The van der Waals surface area contributed by atoms with Crippen molar-refractivity contribution in [2.45, 2.75) is 6.42 Å². The molecule has 0 unspecified atom stereocenters. The lowest BCUT2D eigenvalue weighted by atomic mass is 10.1. The number of aromatic nitrogens is 1. The van der Waals surface area contributed by atoms with Crippen LogP contribution in [0.15, 0.2) is 18.5 Å². The molecule has 1 aromatic rings. The Morgan fingerprint density at radius 3 is 2.92 bits per heavy atom. The van der Waals surface area contributed by atoms with Crippen LogP contribution in [0, 0.1) is 0 Å². The molecular formula is C8H10N2O2. The fourth-order valence-electron chi connectivity index (χ4n) is 0.908. The first-order valence-corrected chi connectivity index (χ1v) is 3.61. The highest BCUT2D eigenvalue weighted by Crippen LogP contribution is 2.02. The Labute approximate surface area is 70.0 Å². The standard InChI is InChI=1S/C8H10N2O2/c9-2-1-6-3-7(8(11)12)5-10-4-6/h3-5H,1-2,9H2,(H,11,12). The average Bonchev–Trinajstić information content (AvgIpc) is 2.05. The second kappa shape index (κ2) is 3.82. The molecular weight excluding hydrogens is 156 g/mol. The van der Waals surface area contributed by atoms with Gasteiger partial charge in [0.05, 0.1) is 5.56 Å². The van der Waals surface area contributed by atoms with Gasteiger partial charge < -0.3 is 10.8 Å². The molecule has 0 bridgehead atoms. The maximum atomic E-state index is 10.5. The van der Waals surface area contributed by atoms with Gasteiger partial charge in [0.25, 0.3) is 0 Å². The molecule has 4 nitrogen and oxygen atoms in total. The molecule has 3 N–H and O–H groups in total. The van der Waals surface area contributed by atoms with Gasteiger partial charge in [-0.05, 0) is 24.6 Å². The maximum absolute atomic E-state index is 10.5. The highest BCUT2D eigenvalue weighted by atomic mass is 16.4. The summed E-state index contributed by atoms with van der Waals surface area (Å²) in [6.45, 7) is 0.505. The summed E-state index contributed by atoms with van der Waals surface area (Å²) in [6.07, 6.45) is 3.61. The molecule has 1 aromatic heterocycles. The van der Waals surface area contributed by atoms with E-state index in [0.717, 1.165) is 5.56 Å². The third kappa shape index (κ3) is 2.03. The zero-order chi connectivity index (χ0) is 8.97. The molecule has 0 atom stereocenters. The number of carboxylic acids is 1. The molecule has 0 saturated heterocycles. The lowest BCUT2D eigenvalue weighted by Crippen LogP contribution is -2.05. The van der Waals surface area contributed by atoms with Crippen molar-refractivity contribution >= 4 is 5.97 Å². The van der Waals surface area contributed by atoms with E-state index in [0.29, 0.717) is 13.0 Å². The van der Waals surface area contributed by atoms with Gasteiger partial charge in [-0.2, -0.15) is 0 Å². The zero-order valence-electron chi connectivity index (χ0n) is 6.53. The molecule has 1 heterocycles. The molecule has 12 heavy (non-hydrogen) atoms. The summed E-state index contributed by atoms with van der Waals surface area (Å²) in [7, 11) is 0. The van der Waals surface area contributed by atoms with Crippen LogP contribution in [0.3, 0.4) is 0 Å². The fourth-order valence-corrected chi connectivity index (χ4v) is 0.908. The Hall–Kier alpha value is -1.42. The van der Waals surface area contributed by atoms with Crippen LogP contribution in [0.2, 0.25) is 0 Å². The van der Waals surface area contributed by atoms with Gasteiger partial charge in [-0.1, -0.05) is 0 Å². The van der Waals surface area contributed by atoms with Crippen LogP contribution in [0.5, 0.6) is 0 Å². The molecule has 64 valence electrons. The predicted molar refractivity (Wildman–Crippen MR) is 44.0 cm³/mol. The molecule has 0 saturated carbocycles. The van der Waals surface area contributed by atoms with Crippen LogP contribution in [0.1, 0.15) is 15.9 Å². The van der Waals surface area contributed by atoms with Crippen molar-refractivity contribution in [2.24, 2.45) is 5.73 Å². The summed E-state index contributed by atoms with van der Waals surface area (Å²) < 4.78 is 0. The lowest BCUT2D eigenvalue weighted by Gasteiger charge is -1.98. The van der Waals surface area contributed by atoms with E-state index in [9.17, 15) is 4.79 Å². The number of hydrogen-bond donors (Lipinski definition) is 2. The Morgan fingerprint density at radius 2 is 2.33 bits per heavy atom. The van der Waals surface area contributed by atoms with Crippen LogP contribution in [0.4, 0.5) is 0 Å². The van der Waals surface area contributed by atoms with E-state index in [1.807, 2.05) is 0 Å². The Kier molecular flexibility index (Phi) is 2.76. The van der Waals surface area contributed by atoms with Gasteiger partial charge in [-0.15, -0.1) is 0 Å². The van der Waals surface area contributed by atoms with Gasteiger partial charge in [-0.3, -0.25) is 4.98 Å². The van der Waals surface area contributed by atoms with E-state index < -0.39 is 5.97 Å². The summed E-state index contributed by atoms with van der Waals surface area (Å²) in [5.41, 5.74) is 6.38. The summed E-state index contributed by atoms with van der Waals surface area (Å²) in [5, 5.41) is 8.61. The van der Waals surface area contributed by atoms with Crippen molar-refractivity contribution in [1.82, 2.24) is 4.98 Å².